The lowest BCUT2D eigenvalue weighted by atomic mass is 10.2. The van der Waals surface area contributed by atoms with Crippen LogP contribution < -0.4 is 19.5 Å². The van der Waals surface area contributed by atoms with Crippen LogP contribution in [0.4, 0.5) is 5.13 Å². The molecule has 0 fully saturated rings. The van der Waals surface area contributed by atoms with E-state index in [-0.39, 0.29) is 5.56 Å². The Morgan fingerprint density at radius 3 is 2.41 bits per heavy atom. The molecule has 2 aromatic carbocycles. The fourth-order valence-electron chi connectivity index (χ4n) is 2.77. The monoisotopic (exact) mass is 456 g/mol. The average molecular weight is 457 g/mol. The standard InChI is InChI=1S/C23H24N2O6S/c1-4-29-19-11-8-16(12-20(19)30-5-2)22(27)31-13-21(26)25-23-24-18(14-32-23)15-6-9-17(28-3)10-7-15/h6-12,14H,4-5,13H2,1-3H3,(H,24,25,26). The van der Waals surface area contributed by atoms with Gasteiger partial charge in [-0.2, -0.15) is 0 Å². The minimum atomic E-state index is -0.637. The quantitative estimate of drug-likeness (QED) is 0.451. The number of anilines is 1. The Kier molecular flexibility index (Phi) is 8.04. The Hall–Kier alpha value is -3.59. The number of ether oxygens (including phenoxy) is 4. The summed E-state index contributed by atoms with van der Waals surface area (Å²) in [6.45, 7) is 4.16. The summed E-state index contributed by atoms with van der Waals surface area (Å²) in [6, 6.07) is 12.2. The van der Waals surface area contributed by atoms with Crippen molar-refractivity contribution in [1.29, 1.82) is 0 Å². The molecule has 1 heterocycles. The van der Waals surface area contributed by atoms with Crippen LogP contribution in [-0.4, -0.2) is 43.8 Å². The number of carbonyl (C=O) groups is 2. The first-order chi connectivity index (χ1) is 15.5. The number of amides is 1. The van der Waals surface area contributed by atoms with Crippen LogP contribution in [0.5, 0.6) is 17.2 Å². The average Bonchev–Trinajstić information content (AvgIpc) is 3.27. The van der Waals surface area contributed by atoms with E-state index in [9.17, 15) is 9.59 Å². The van der Waals surface area contributed by atoms with Gasteiger partial charge in [-0.15, -0.1) is 11.3 Å². The maximum Gasteiger partial charge on any atom is 0.338 e. The zero-order valence-electron chi connectivity index (χ0n) is 18.0. The number of rotatable bonds is 10. The predicted molar refractivity (Wildman–Crippen MR) is 122 cm³/mol. The van der Waals surface area contributed by atoms with Gasteiger partial charge in [-0.05, 0) is 56.3 Å². The molecule has 32 heavy (non-hydrogen) atoms. The van der Waals surface area contributed by atoms with E-state index in [0.29, 0.717) is 29.8 Å². The van der Waals surface area contributed by atoms with Gasteiger partial charge in [0.15, 0.2) is 23.2 Å². The molecular weight excluding hydrogens is 432 g/mol. The third kappa shape index (κ3) is 5.98. The Morgan fingerprint density at radius 2 is 1.72 bits per heavy atom. The van der Waals surface area contributed by atoms with Gasteiger partial charge in [0.25, 0.3) is 5.91 Å². The lowest BCUT2D eigenvalue weighted by molar-refractivity contribution is -0.119. The summed E-state index contributed by atoms with van der Waals surface area (Å²) < 4.78 is 21.3. The van der Waals surface area contributed by atoms with Crippen LogP contribution in [0.2, 0.25) is 0 Å². The molecule has 1 amide bonds. The van der Waals surface area contributed by atoms with Gasteiger partial charge in [-0.1, -0.05) is 0 Å². The van der Waals surface area contributed by atoms with Gasteiger partial charge in [-0.25, -0.2) is 9.78 Å². The molecule has 0 saturated heterocycles. The molecule has 0 bridgehead atoms. The zero-order chi connectivity index (χ0) is 22.9. The van der Waals surface area contributed by atoms with Crippen LogP contribution in [0.25, 0.3) is 11.3 Å². The largest absolute Gasteiger partial charge is 0.497 e. The van der Waals surface area contributed by atoms with Gasteiger partial charge < -0.3 is 18.9 Å². The van der Waals surface area contributed by atoms with E-state index in [0.717, 1.165) is 17.0 Å². The minimum Gasteiger partial charge on any atom is -0.497 e. The summed E-state index contributed by atoms with van der Waals surface area (Å²) >= 11 is 1.28. The van der Waals surface area contributed by atoms with E-state index >= 15 is 0 Å². The highest BCUT2D eigenvalue weighted by atomic mass is 32.1. The van der Waals surface area contributed by atoms with Crippen molar-refractivity contribution in [1.82, 2.24) is 4.98 Å². The van der Waals surface area contributed by atoms with Crippen molar-refractivity contribution >= 4 is 28.3 Å². The Morgan fingerprint density at radius 1 is 1.00 bits per heavy atom. The summed E-state index contributed by atoms with van der Waals surface area (Å²) in [6.07, 6.45) is 0. The number of nitrogens with one attached hydrogen (secondary N) is 1. The van der Waals surface area contributed by atoms with Gasteiger partial charge in [-0.3, -0.25) is 10.1 Å². The minimum absolute atomic E-state index is 0.265. The molecule has 0 atom stereocenters. The fourth-order valence-corrected chi connectivity index (χ4v) is 3.51. The smallest absolute Gasteiger partial charge is 0.338 e. The topological polar surface area (TPSA) is 96.0 Å². The zero-order valence-corrected chi connectivity index (χ0v) is 18.9. The second-order valence-electron chi connectivity index (χ2n) is 6.42. The van der Waals surface area contributed by atoms with Gasteiger partial charge in [0.2, 0.25) is 0 Å². The van der Waals surface area contributed by atoms with Crippen LogP contribution in [0.1, 0.15) is 24.2 Å². The molecule has 0 aliphatic rings. The first kappa shape index (κ1) is 23.1. The number of hydrogen-bond donors (Lipinski definition) is 1. The third-order valence-electron chi connectivity index (χ3n) is 4.25. The number of methoxy groups -OCH3 is 1. The van der Waals surface area contributed by atoms with E-state index < -0.39 is 18.5 Å². The SMILES string of the molecule is CCOc1ccc(C(=O)OCC(=O)Nc2nc(-c3ccc(OC)cc3)cs2)cc1OCC. The number of carbonyl (C=O) groups excluding carboxylic acids is 2. The number of hydrogen-bond acceptors (Lipinski definition) is 8. The molecule has 3 rings (SSSR count). The van der Waals surface area contributed by atoms with E-state index in [1.54, 1.807) is 19.2 Å². The van der Waals surface area contributed by atoms with E-state index in [2.05, 4.69) is 10.3 Å². The number of esters is 1. The molecule has 9 heteroatoms. The molecule has 0 saturated carbocycles. The Labute approximate surface area is 190 Å². The molecule has 168 valence electrons. The molecule has 1 aromatic heterocycles. The van der Waals surface area contributed by atoms with Gasteiger partial charge >= 0.3 is 5.97 Å². The van der Waals surface area contributed by atoms with Crippen molar-refractivity contribution in [3.63, 3.8) is 0 Å². The van der Waals surface area contributed by atoms with E-state index in [4.69, 9.17) is 18.9 Å². The van der Waals surface area contributed by atoms with Gasteiger partial charge in [0.05, 0.1) is 31.6 Å². The van der Waals surface area contributed by atoms with Gasteiger partial charge in [0, 0.05) is 10.9 Å². The van der Waals surface area contributed by atoms with Crippen molar-refractivity contribution in [2.75, 3.05) is 32.2 Å². The normalized spacial score (nSPS) is 10.3. The maximum atomic E-state index is 12.3. The van der Waals surface area contributed by atoms with Crippen LogP contribution >= 0.6 is 11.3 Å². The molecule has 0 aliphatic carbocycles. The second-order valence-corrected chi connectivity index (χ2v) is 7.28. The van der Waals surface area contributed by atoms with Crippen LogP contribution in [0.3, 0.4) is 0 Å². The Bertz CT molecular complexity index is 1060. The lowest BCUT2D eigenvalue weighted by Gasteiger charge is -2.12. The highest BCUT2D eigenvalue weighted by molar-refractivity contribution is 7.14. The molecule has 8 nitrogen and oxygen atoms in total. The number of aromatic nitrogens is 1. The number of benzene rings is 2. The molecular formula is C23H24N2O6S. The second kappa shape index (κ2) is 11.1. The van der Waals surface area contributed by atoms with Gasteiger partial charge in [0.1, 0.15) is 5.75 Å². The summed E-state index contributed by atoms with van der Waals surface area (Å²) in [5, 5.41) is 4.89. The molecule has 0 unspecified atom stereocenters. The third-order valence-corrected chi connectivity index (χ3v) is 5.01. The van der Waals surface area contributed by atoms with Crippen molar-refractivity contribution in [2.45, 2.75) is 13.8 Å². The maximum absolute atomic E-state index is 12.3. The Balaban J connectivity index is 1.56. The van der Waals surface area contributed by atoms with E-state index in [1.165, 1.54) is 17.4 Å². The molecule has 0 radical (unpaired) electrons. The number of nitrogens with zero attached hydrogens (tertiary/aromatic N) is 1. The van der Waals surface area contributed by atoms with Crippen molar-refractivity contribution in [3.8, 4) is 28.5 Å². The van der Waals surface area contributed by atoms with E-state index in [1.807, 2.05) is 43.5 Å². The van der Waals surface area contributed by atoms with Crippen molar-refractivity contribution < 1.29 is 28.5 Å². The predicted octanol–water partition coefficient (Wildman–Crippen LogP) is 4.41. The molecule has 0 spiro atoms. The van der Waals surface area contributed by atoms with Crippen LogP contribution in [-0.2, 0) is 9.53 Å². The lowest BCUT2D eigenvalue weighted by Crippen LogP contribution is -2.20. The summed E-state index contributed by atoms with van der Waals surface area (Å²) in [5.41, 5.74) is 1.89. The number of thiazole rings is 1. The molecule has 1 N–H and O–H groups in total. The van der Waals surface area contributed by atoms with Crippen molar-refractivity contribution in [2.24, 2.45) is 0 Å². The summed E-state index contributed by atoms with van der Waals surface area (Å²) in [4.78, 5) is 28.9. The van der Waals surface area contributed by atoms with Crippen molar-refractivity contribution in [3.05, 3.63) is 53.4 Å². The highest BCUT2D eigenvalue weighted by Crippen LogP contribution is 2.29. The molecule has 0 aliphatic heterocycles. The summed E-state index contributed by atoms with van der Waals surface area (Å²) in [7, 11) is 1.60. The molecule has 3 aromatic rings. The first-order valence-electron chi connectivity index (χ1n) is 10.0. The van der Waals surface area contributed by atoms with Crippen LogP contribution in [0.15, 0.2) is 47.8 Å². The fraction of sp³-hybridized carbons (Fsp3) is 0.261. The first-order valence-corrected chi connectivity index (χ1v) is 10.9. The highest BCUT2D eigenvalue weighted by Gasteiger charge is 2.15. The van der Waals surface area contributed by atoms with Crippen LogP contribution in [0, 0.1) is 0 Å². The summed E-state index contributed by atoms with van der Waals surface area (Å²) in [5.74, 6) is 0.620.